The van der Waals surface area contributed by atoms with Gasteiger partial charge in [0.2, 0.25) is 18.9 Å². The molecule has 11 aromatic rings. The van der Waals surface area contributed by atoms with E-state index in [0.717, 1.165) is 34.4 Å². The van der Waals surface area contributed by atoms with E-state index in [1.54, 1.807) is 51.1 Å². The third-order valence-corrected chi connectivity index (χ3v) is 23.4. The molecule has 3 N–H and O–H groups in total. The van der Waals surface area contributed by atoms with Crippen LogP contribution in [0, 0.1) is 30.2 Å². The van der Waals surface area contributed by atoms with Gasteiger partial charge in [-0.1, -0.05) is 152 Å². The van der Waals surface area contributed by atoms with Gasteiger partial charge >= 0.3 is 72.8 Å². The second kappa shape index (κ2) is 50.6. The summed E-state index contributed by atoms with van der Waals surface area (Å²) in [5.74, 6) is -2.56. The number of aliphatic hydroxyl groups excluding tert-OH is 1. The third-order valence-electron chi connectivity index (χ3n) is 23.4. The van der Waals surface area contributed by atoms with E-state index in [-0.39, 0.29) is 132 Å². The Morgan fingerprint density at radius 1 is 0.424 bits per heavy atom. The molecule has 5 fully saturated rings. The number of alkyl halides is 21. The Morgan fingerprint density at radius 3 is 1.14 bits per heavy atom. The fraction of sp³-hybridized carbons (Fsp3) is 0.320. The summed E-state index contributed by atoms with van der Waals surface area (Å²) in [7, 11) is 0. The van der Waals surface area contributed by atoms with E-state index in [1.165, 1.54) is 72.8 Å². The Labute approximate surface area is 851 Å². The molecule has 0 radical (unpaired) electrons. The average Bonchev–Trinajstić information content (AvgIpc) is 0.729. The minimum absolute atomic E-state index is 0. The second-order valence-electron chi connectivity index (χ2n) is 33.5. The molecule has 11 atom stereocenters. The molecule has 5 aliphatic heterocycles. The molecular weight excluding hydrogens is 2080 g/mol. The third kappa shape index (κ3) is 32.0. The van der Waals surface area contributed by atoms with Crippen molar-refractivity contribution in [2.45, 2.75) is 145 Å². The first kappa shape index (κ1) is 118. The molecule has 0 aromatic heterocycles. The molecule has 5 saturated heterocycles. The number of hydrogen-bond donors (Lipinski definition) is 2. The molecule has 11 aromatic carbocycles. The Kier molecular flexibility index (Phi) is 41.3. The van der Waals surface area contributed by atoms with Gasteiger partial charge in [0.15, 0.2) is 12.3 Å². The smallest absolute Gasteiger partial charge is 1.00 e. The number of ether oxygens (including phenoxy) is 8. The molecule has 16 rings (SSSR count). The van der Waals surface area contributed by atoms with Crippen molar-refractivity contribution < 1.29 is 216 Å². The maximum absolute atomic E-state index is 13.7. The first-order valence-electron chi connectivity index (χ1n) is 43.8. The topological polar surface area (TPSA) is 143 Å². The number of nitrogens with zero attached hydrogens (tertiary/aromatic N) is 3. The van der Waals surface area contributed by atoms with E-state index in [4.69, 9.17) is 43.0 Å². The number of quaternary nitrogens is 1. The number of halogens is 26. The van der Waals surface area contributed by atoms with Crippen LogP contribution in [0.25, 0.3) is 11.5 Å². The second-order valence-corrected chi connectivity index (χ2v) is 33.5. The van der Waals surface area contributed by atoms with Gasteiger partial charge in [-0.05, 0) is 187 Å². The molecule has 770 valence electrons. The zero-order valence-electron chi connectivity index (χ0n) is 77.0. The van der Waals surface area contributed by atoms with E-state index >= 15 is 0 Å². The van der Waals surface area contributed by atoms with Gasteiger partial charge in [-0.25, -0.2) is 17.6 Å². The maximum Gasteiger partial charge on any atom is 1.00 e. The van der Waals surface area contributed by atoms with Gasteiger partial charge in [-0.3, -0.25) is 9.80 Å². The molecule has 144 heavy (non-hydrogen) atoms. The van der Waals surface area contributed by atoms with Crippen LogP contribution >= 0.6 is 0 Å². The Hall–Kier alpha value is -10.0. The van der Waals surface area contributed by atoms with Crippen molar-refractivity contribution in [3.63, 3.8) is 0 Å². The van der Waals surface area contributed by atoms with Gasteiger partial charge in [-0.2, -0.15) is 92.2 Å². The number of fused-ring (bicyclic) bond motifs is 2. The van der Waals surface area contributed by atoms with Crippen LogP contribution in [0.1, 0.15) is 156 Å². The summed E-state index contributed by atoms with van der Waals surface area (Å²) in [4.78, 5) is 3.97. The van der Waals surface area contributed by atoms with Gasteiger partial charge in [-0.15, -0.1) is 0 Å². The van der Waals surface area contributed by atoms with Crippen molar-refractivity contribution in [3.05, 3.63) is 403 Å². The minimum Gasteiger partial charge on any atom is -1.00 e. The summed E-state index contributed by atoms with van der Waals surface area (Å²) < 4.78 is 382. The van der Waals surface area contributed by atoms with Crippen molar-refractivity contribution in [2.24, 2.45) is 0 Å². The van der Waals surface area contributed by atoms with Gasteiger partial charge in [0.1, 0.15) is 60.5 Å². The first-order valence-corrected chi connectivity index (χ1v) is 43.8. The molecule has 0 amide bonds. The van der Waals surface area contributed by atoms with Gasteiger partial charge in [0.25, 0.3) is 0 Å². The van der Waals surface area contributed by atoms with Gasteiger partial charge in [0, 0.05) is 61.6 Å². The number of aryl methyl sites for hydroxylation is 1. The van der Waals surface area contributed by atoms with E-state index < -0.39 is 178 Å². The van der Waals surface area contributed by atoms with Crippen LogP contribution in [0.2, 0.25) is 0 Å². The molecule has 2 bridgehead atoms. The van der Waals surface area contributed by atoms with Gasteiger partial charge in [0.05, 0.1) is 89.6 Å². The number of morpholine rings is 5. The Balaban J connectivity index is 0.000000212. The molecule has 5 aliphatic rings. The summed E-state index contributed by atoms with van der Waals surface area (Å²) in [6.07, 6.45) is -40.0. The summed E-state index contributed by atoms with van der Waals surface area (Å²) in [6.45, 7) is 16.9. The van der Waals surface area contributed by atoms with Crippen LogP contribution in [-0.2, 0) is 101 Å². The number of nitrogens with one attached hydrogen (secondary N) is 1. The maximum atomic E-state index is 13.7. The first-order chi connectivity index (χ1) is 66.4. The van der Waals surface area contributed by atoms with Crippen molar-refractivity contribution in [3.8, 4) is 0 Å². The fourth-order valence-electron chi connectivity index (χ4n) is 16.8. The number of aliphatic hydroxyl groups is 1. The molecule has 0 spiro atoms. The van der Waals surface area contributed by atoms with Gasteiger partial charge < -0.3 is 82.3 Å². The monoisotopic (exact) mass is 2170 g/mol. The molecule has 2 unspecified atom stereocenters. The standard InChI is InChI=1S/C27H23F7NO2.2C27H22F7NO2.C20H21F4NO2.C2H6O.HI.Na.H2O/c28-22-8-6-18(7-9-22)24-25-36-11-10-35(24,15-17-4-2-1-3-5-17)16-23(37-25)19-12-20(26(29,30)31)14-21(13-19)27(32,33)34;2*1-17(20-13-21(26(29,30)31)15-22(14-20)27(32,33)34)37-25-24(19-7-9-23(28)10-8-19)35(11-12-36-25)16-18-5-3-2-4-6-18;1-12-9-15(11-16(10-12)20(22,23)24)13(2)27-19-18(25-7-8-26-19)14-3-5-17(21)6-4-14;1-2-3;;;/h1-9,12-14,23-25H,10-11,15-16H2;2*2-10,13-15,24-25H,1,11-12,16H2;3-6,9-11,13,18-19,25H,7-8H2,1-2H3;3H,2H2,1H3;1H;;1H2/q+1;;;;;;+1;/p-2/t23?,24-,25+,35?;2*24-,25+;13-,18+,19-;;;;/m0001..../s1. The largest absolute Gasteiger partial charge is 1.00 e. The molecule has 41 heteroatoms. The molecule has 14 nitrogen and oxygen atoms in total. The Morgan fingerprint density at radius 2 is 0.764 bits per heavy atom. The summed E-state index contributed by atoms with van der Waals surface area (Å²) in [5.41, 5.74) is -4.11. The van der Waals surface area contributed by atoms with E-state index in [0.29, 0.717) is 117 Å². The molecule has 0 saturated carbocycles. The summed E-state index contributed by atoms with van der Waals surface area (Å²) in [6, 6.07) is 56.7. The van der Waals surface area contributed by atoms with Crippen molar-refractivity contribution >= 4 is 11.5 Å². The van der Waals surface area contributed by atoms with E-state index in [1.807, 2.05) is 101 Å². The number of hydrogen-bond acceptors (Lipinski definition) is 13. The zero-order valence-corrected chi connectivity index (χ0v) is 81.2. The SMILES string of the molecule is C=C(O[C@H]1OCCN(Cc2ccccc2)[C@H]1c1ccc(F)cc1)c1cc(C(F)(F)F)cc(C(F)(F)F)c1.C=C(O[C@H]1OCCN(Cc2ccccc2)[C@H]1c1ccc(F)cc1)c1cc(C(F)(F)F)cc(C(F)(F)F)c1.CCO.Cc1cc([C@@H](C)O[C@H]2OCCN[C@H]2c2ccc(F)cc2)cc(C(F)(F)F)c1.Fc1ccc([C@H]2[C@@H]3OCC[N+]2(Cc2ccccc2)CC(c2cc(C(F)(F)F)cc(C(F)(F)F)c2)O3)cc1.[I-].[Na+].[OH-]. The minimum atomic E-state index is -5.01. The van der Waals surface area contributed by atoms with Crippen LogP contribution in [0.15, 0.2) is 274 Å². The van der Waals surface area contributed by atoms with Crippen molar-refractivity contribution in [1.29, 1.82) is 0 Å². The van der Waals surface area contributed by atoms with E-state index in [9.17, 15) is 110 Å². The van der Waals surface area contributed by atoms with Crippen LogP contribution in [0.5, 0.6) is 0 Å². The van der Waals surface area contributed by atoms with Crippen LogP contribution < -0.4 is 58.9 Å². The summed E-state index contributed by atoms with van der Waals surface area (Å²) >= 11 is 0. The quantitative estimate of drug-likeness (QED) is 0.0246. The summed E-state index contributed by atoms with van der Waals surface area (Å²) in [5, 5.41) is 10.8. The number of benzene rings is 11. The molecule has 0 aliphatic carbocycles. The van der Waals surface area contributed by atoms with Crippen molar-refractivity contribution in [1.82, 2.24) is 15.1 Å². The number of rotatable bonds is 20. The van der Waals surface area contributed by atoms with E-state index in [2.05, 4.69) is 18.5 Å². The predicted molar refractivity (Wildman–Crippen MR) is 471 cm³/mol. The molecule has 5 heterocycles. The van der Waals surface area contributed by atoms with Crippen LogP contribution in [0.3, 0.4) is 0 Å². The van der Waals surface area contributed by atoms with Crippen LogP contribution in [-0.4, -0.2) is 116 Å². The fourth-order valence-corrected chi connectivity index (χ4v) is 16.8. The zero-order chi connectivity index (χ0) is 102. The van der Waals surface area contributed by atoms with Crippen LogP contribution in [0.4, 0.5) is 110 Å². The predicted octanol–water partition coefficient (Wildman–Crippen LogP) is 20.7. The average molecular weight is 2170 g/mol. The molecular formula is C103H95F25IN4NaO10. The van der Waals surface area contributed by atoms with Crippen molar-refractivity contribution in [2.75, 3.05) is 65.8 Å². The normalized spacial score (nSPS) is 20.7. The Bertz CT molecular complexity index is 5650.